The molecule has 4 nitrogen and oxygen atoms in total. The summed E-state index contributed by atoms with van der Waals surface area (Å²) in [6.45, 7) is 4.43. The maximum absolute atomic E-state index is 10.8. The van der Waals surface area contributed by atoms with Crippen LogP contribution in [0, 0.1) is 6.92 Å². The fraction of sp³-hybridized carbons (Fsp3) is 0.500. The predicted octanol–water partition coefficient (Wildman–Crippen LogP) is 2.64. The molecule has 1 aliphatic rings. The van der Waals surface area contributed by atoms with Crippen LogP contribution >= 0.6 is 0 Å². The first-order valence-electron chi connectivity index (χ1n) is 6.18. The highest BCUT2D eigenvalue weighted by Crippen LogP contribution is 2.23. The summed E-state index contributed by atoms with van der Waals surface area (Å²) < 4.78 is 11.4. The van der Waals surface area contributed by atoms with E-state index in [2.05, 4.69) is 6.92 Å². The maximum Gasteiger partial charge on any atom is 0.335 e. The molecular weight excluding hydrogens is 232 g/mol. The second-order valence-corrected chi connectivity index (χ2v) is 4.74. The molecule has 0 aromatic heterocycles. The molecule has 2 atom stereocenters. The Bertz CT molecular complexity index is 441. The second kappa shape index (κ2) is 5.40. The van der Waals surface area contributed by atoms with Crippen molar-refractivity contribution in [2.24, 2.45) is 0 Å². The fourth-order valence-electron chi connectivity index (χ4n) is 2.13. The Hall–Kier alpha value is -1.55. The lowest BCUT2D eigenvalue weighted by atomic mass is 10.1. The molecule has 1 heterocycles. The smallest absolute Gasteiger partial charge is 0.335 e. The van der Waals surface area contributed by atoms with E-state index in [-0.39, 0.29) is 11.7 Å². The third kappa shape index (κ3) is 3.01. The van der Waals surface area contributed by atoms with Crippen molar-refractivity contribution in [3.05, 3.63) is 29.3 Å². The van der Waals surface area contributed by atoms with Crippen LogP contribution in [0.2, 0.25) is 0 Å². The molecule has 0 amide bonds. The van der Waals surface area contributed by atoms with Gasteiger partial charge >= 0.3 is 5.97 Å². The average Bonchev–Trinajstić information content (AvgIpc) is 2.73. The quantitative estimate of drug-likeness (QED) is 0.892. The Balaban J connectivity index is 1.95. The number of carboxylic acid groups (broad SMARTS) is 1. The van der Waals surface area contributed by atoms with Crippen LogP contribution in [-0.2, 0) is 4.74 Å². The number of aryl methyl sites for hydroxylation is 1. The fourth-order valence-corrected chi connectivity index (χ4v) is 2.13. The van der Waals surface area contributed by atoms with Crippen molar-refractivity contribution in [2.45, 2.75) is 38.9 Å². The molecule has 0 saturated carbocycles. The van der Waals surface area contributed by atoms with E-state index in [0.717, 1.165) is 24.2 Å². The molecule has 0 spiro atoms. The Morgan fingerprint density at radius 3 is 2.83 bits per heavy atom. The third-order valence-electron chi connectivity index (χ3n) is 3.17. The van der Waals surface area contributed by atoms with E-state index in [4.69, 9.17) is 14.6 Å². The minimum atomic E-state index is -0.919. The first-order chi connectivity index (χ1) is 8.56. The highest BCUT2D eigenvalue weighted by molar-refractivity contribution is 5.88. The topological polar surface area (TPSA) is 55.8 Å². The van der Waals surface area contributed by atoms with E-state index in [1.165, 1.54) is 0 Å². The summed E-state index contributed by atoms with van der Waals surface area (Å²) in [5.74, 6) is -0.194. The van der Waals surface area contributed by atoms with Gasteiger partial charge in [-0.05, 0) is 50.5 Å². The molecule has 98 valence electrons. The molecule has 18 heavy (non-hydrogen) atoms. The normalized spacial score (nSPS) is 23.0. The summed E-state index contributed by atoms with van der Waals surface area (Å²) in [5, 5.41) is 8.87. The molecule has 1 saturated heterocycles. The van der Waals surface area contributed by atoms with E-state index in [1.54, 1.807) is 18.2 Å². The number of hydrogen-bond donors (Lipinski definition) is 1. The zero-order chi connectivity index (χ0) is 13.1. The van der Waals surface area contributed by atoms with Crippen LogP contribution in [0.25, 0.3) is 0 Å². The van der Waals surface area contributed by atoms with Gasteiger partial charge in [-0.15, -0.1) is 0 Å². The van der Waals surface area contributed by atoms with Gasteiger partial charge in [-0.25, -0.2) is 4.79 Å². The number of ether oxygens (including phenoxy) is 2. The van der Waals surface area contributed by atoms with Crippen molar-refractivity contribution in [3.63, 3.8) is 0 Å². The minimum absolute atomic E-state index is 0.151. The highest BCUT2D eigenvalue weighted by Gasteiger charge is 2.22. The number of benzene rings is 1. The monoisotopic (exact) mass is 250 g/mol. The molecule has 0 bridgehead atoms. The van der Waals surface area contributed by atoms with Gasteiger partial charge in [0.1, 0.15) is 12.4 Å². The number of carboxylic acids is 1. The molecule has 2 unspecified atom stereocenters. The molecule has 1 N–H and O–H groups in total. The lowest BCUT2D eigenvalue weighted by Crippen LogP contribution is -2.18. The number of rotatable bonds is 4. The van der Waals surface area contributed by atoms with Crippen LogP contribution in [0.3, 0.4) is 0 Å². The van der Waals surface area contributed by atoms with Gasteiger partial charge < -0.3 is 14.6 Å². The van der Waals surface area contributed by atoms with E-state index in [9.17, 15) is 4.79 Å². The summed E-state index contributed by atoms with van der Waals surface area (Å²) in [6.07, 6.45) is 2.56. The first-order valence-corrected chi connectivity index (χ1v) is 6.18. The molecule has 1 aliphatic heterocycles. The van der Waals surface area contributed by atoms with Crippen molar-refractivity contribution in [2.75, 3.05) is 6.61 Å². The SMILES string of the molecule is Cc1cc(C(=O)O)ccc1OCC1CCC(C)O1. The lowest BCUT2D eigenvalue weighted by Gasteiger charge is -2.14. The van der Waals surface area contributed by atoms with Crippen LogP contribution in [0.15, 0.2) is 18.2 Å². The maximum atomic E-state index is 10.8. The molecule has 0 radical (unpaired) electrons. The van der Waals surface area contributed by atoms with Gasteiger partial charge in [0, 0.05) is 0 Å². The second-order valence-electron chi connectivity index (χ2n) is 4.74. The van der Waals surface area contributed by atoms with Gasteiger partial charge in [0.05, 0.1) is 17.8 Å². The van der Waals surface area contributed by atoms with Crippen molar-refractivity contribution >= 4 is 5.97 Å². The molecule has 2 rings (SSSR count). The number of carbonyl (C=O) groups is 1. The Kier molecular flexibility index (Phi) is 3.87. The molecule has 1 aromatic rings. The predicted molar refractivity (Wildman–Crippen MR) is 67.2 cm³/mol. The first kappa shape index (κ1) is 12.9. The van der Waals surface area contributed by atoms with Gasteiger partial charge in [-0.3, -0.25) is 0 Å². The van der Waals surface area contributed by atoms with Crippen LogP contribution in [0.1, 0.15) is 35.7 Å². The Morgan fingerprint density at radius 1 is 1.50 bits per heavy atom. The van der Waals surface area contributed by atoms with Crippen LogP contribution in [0.5, 0.6) is 5.75 Å². The lowest BCUT2D eigenvalue weighted by molar-refractivity contribution is 0.0263. The average molecular weight is 250 g/mol. The van der Waals surface area contributed by atoms with Gasteiger partial charge in [0.2, 0.25) is 0 Å². The number of aromatic carboxylic acids is 1. The van der Waals surface area contributed by atoms with E-state index < -0.39 is 5.97 Å². The van der Waals surface area contributed by atoms with Gasteiger partial charge in [-0.2, -0.15) is 0 Å². The molecule has 4 heteroatoms. The van der Waals surface area contributed by atoms with Crippen molar-refractivity contribution < 1.29 is 19.4 Å². The van der Waals surface area contributed by atoms with Gasteiger partial charge in [0.25, 0.3) is 0 Å². The van der Waals surface area contributed by atoms with Crippen molar-refractivity contribution in [1.29, 1.82) is 0 Å². The Morgan fingerprint density at radius 2 is 2.28 bits per heavy atom. The molecular formula is C14H18O4. The summed E-state index contributed by atoms with van der Waals surface area (Å²) in [6, 6.07) is 4.88. The van der Waals surface area contributed by atoms with E-state index >= 15 is 0 Å². The van der Waals surface area contributed by atoms with Crippen molar-refractivity contribution in [1.82, 2.24) is 0 Å². The minimum Gasteiger partial charge on any atom is -0.491 e. The number of hydrogen-bond acceptors (Lipinski definition) is 3. The third-order valence-corrected chi connectivity index (χ3v) is 3.17. The largest absolute Gasteiger partial charge is 0.491 e. The molecule has 1 fully saturated rings. The highest BCUT2D eigenvalue weighted by atomic mass is 16.5. The Labute approximate surface area is 107 Å². The summed E-state index contributed by atoms with van der Waals surface area (Å²) in [5.41, 5.74) is 1.12. The summed E-state index contributed by atoms with van der Waals surface area (Å²) in [7, 11) is 0. The zero-order valence-corrected chi connectivity index (χ0v) is 10.7. The van der Waals surface area contributed by atoms with E-state index in [0.29, 0.717) is 12.7 Å². The molecule has 0 aliphatic carbocycles. The van der Waals surface area contributed by atoms with Gasteiger partial charge in [-0.1, -0.05) is 0 Å². The van der Waals surface area contributed by atoms with Gasteiger partial charge in [0.15, 0.2) is 0 Å². The van der Waals surface area contributed by atoms with Crippen LogP contribution in [0.4, 0.5) is 0 Å². The summed E-state index contributed by atoms with van der Waals surface area (Å²) >= 11 is 0. The summed E-state index contributed by atoms with van der Waals surface area (Å²) in [4.78, 5) is 10.8. The molecule has 1 aromatic carbocycles. The standard InChI is InChI=1S/C14H18O4/c1-9-7-11(14(15)16)4-6-13(9)17-8-12-5-3-10(2)18-12/h4,6-7,10,12H,3,5,8H2,1-2H3,(H,15,16). The van der Waals surface area contributed by atoms with Crippen LogP contribution < -0.4 is 4.74 Å². The zero-order valence-electron chi connectivity index (χ0n) is 10.7. The van der Waals surface area contributed by atoms with Crippen LogP contribution in [-0.4, -0.2) is 29.9 Å². The van der Waals surface area contributed by atoms with E-state index in [1.807, 2.05) is 6.92 Å². The van der Waals surface area contributed by atoms with Crippen molar-refractivity contribution in [3.8, 4) is 5.75 Å².